The van der Waals surface area contributed by atoms with E-state index in [1.807, 2.05) is 6.92 Å². The van der Waals surface area contributed by atoms with Gasteiger partial charge in [0.25, 0.3) is 0 Å². The van der Waals surface area contributed by atoms with Crippen molar-refractivity contribution < 1.29 is 17.6 Å². The Morgan fingerprint density at radius 1 is 1.24 bits per heavy atom. The molecule has 0 heterocycles. The van der Waals surface area contributed by atoms with Crippen LogP contribution in [-0.2, 0) is 21.4 Å². The quantitative estimate of drug-likeness (QED) is 0.831. The summed E-state index contributed by atoms with van der Waals surface area (Å²) in [5, 5.41) is 3.08. The van der Waals surface area contributed by atoms with Gasteiger partial charge in [-0.1, -0.05) is 35.9 Å². The van der Waals surface area contributed by atoms with Crippen LogP contribution in [0.4, 0.5) is 10.1 Å². The standard InChI is InChI=1S/C17H18ClFN2O3S/c1-12-7-8-14(9-15(12)18)20-17(22)11-21(25(2,23)24)10-13-5-3-4-6-16(13)19/h3-9H,10-11H2,1-2H3,(H,20,22). The van der Waals surface area contributed by atoms with Crippen molar-refractivity contribution in [3.8, 4) is 0 Å². The van der Waals surface area contributed by atoms with E-state index in [9.17, 15) is 17.6 Å². The molecule has 0 unspecified atom stereocenters. The number of rotatable bonds is 6. The number of benzene rings is 2. The third kappa shape index (κ3) is 5.52. The Kier molecular flexibility index (Phi) is 6.16. The van der Waals surface area contributed by atoms with Crippen LogP contribution in [0.5, 0.6) is 0 Å². The van der Waals surface area contributed by atoms with Gasteiger partial charge in [0.05, 0.1) is 12.8 Å². The van der Waals surface area contributed by atoms with Crippen molar-refractivity contribution in [1.82, 2.24) is 4.31 Å². The monoisotopic (exact) mass is 384 g/mol. The largest absolute Gasteiger partial charge is 0.325 e. The van der Waals surface area contributed by atoms with Gasteiger partial charge in [-0.3, -0.25) is 4.79 Å². The van der Waals surface area contributed by atoms with Crippen LogP contribution in [0, 0.1) is 12.7 Å². The van der Waals surface area contributed by atoms with Gasteiger partial charge in [0.2, 0.25) is 15.9 Å². The molecule has 2 rings (SSSR count). The number of aryl methyl sites for hydroxylation is 1. The van der Waals surface area contributed by atoms with Gasteiger partial charge >= 0.3 is 0 Å². The fraction of sp³-hybridized carbons (Fsp3) is 0.235. The number of hydrogen-bond acceptors (Lipinski definition) is 3. The second-order valence-corrected chi connectivity index (χ2v) is 8.02. The van der Waals surface area contributed by atoms with Gasteiger partial charge in [-0.25, -0.2) is 12.8 Å². The molecule has 0 fully saturated rings. The number of nitrogens with one attached hydrogen (secondary N) is 1. The second-order valence-electron chi connectivity index (χ2n) is 5.63. The van der Waals surface area contributed by atoms with E-state index in [0.717, 1.165) is 16.1 Å². The van der Waals surface area contributed by atoms with Crippen LogP contribution in [0.15, 0.2) is 42.5 Å². The normalized spacial score (nSPS) is 11.6. The first-order chi connectivity index (χ1) is 11.7. The lowest BCUT2D eigenvalue weighted by Gasteiger charge is -2.20. The first kappa shape index (κ1) is 19.4. The summed E-state index contributed by atoms with van der Waals surface area (Å²) in [6.45, 7) is 1.17. The van der Waals surface area contributed by atoms with Gasteiger partial charge in [-0.2, -0.15) is 4.31 Å². The molecule has 0 aromatic heterocycles. The number of sulfonamides is 1. The molecule has 5 nitrogen and oxygen atoms in total. The lowest BCUT2D eigenvalue weighted by Crippen LogP contribution is -2.37. The molecule has 2 aromatic rings. The van der Waals surface area contributed by atoms with E-state index in [1.165, 1.54) is 18.2 Å². The maximum Gasteiger partial charge on any atom is 0.239 e. The summed E-state index contributed by atoms with van der Waals surface area (Å²) in [6, 6.07) is 10.8. The van der Waals surface area contributed by atoms with Gasteiger partial charge in [0, 0.05) is 22.8 Å². The highest BCUT2D eigenvalue weighted by Gasteiger charge is 2.22. The maximum atomic E-state index is 13.8. The van der Waals surface area contributed by atoms with Crippen LogP contribution in [0.1, 0.15) is 11.1 Å². The van der Waals surface area contributed by atoms with E-state index in [-0.39, 0.29) is 12.1 Å². The summed E-state index contributed by atoms with van der Waals surface area (Å²) in [5.74, 6) is -1.07. The topological polar surface area (TPSA) is 66.5 Å². The molecule has 0 saturated heterocycles. The van der Waals surface area contributed by atoms with Gasteiger partial charge in [0.15, 0.2) is 0 Å². The van der Waals surface area contributed by atoms with Gasteiger partial charge in [0.1, 0.15) is 5.82 Å². The van der Waals surface area contributed by atoms with Crippen LogP contribution >= 0.6 is 11.6 Å². The molecule has 2 aromatic carbocycles. The lowest BCUT2D eigenvalue weighted by molar-refractivity contribution is -0.116. The first-order valence-corrected chi connectivity index (χ1v) is 9.64. The molecule has 0 saturated carbocycles. The Balaban J connectivity index is 2.13. The molecular formula is C17H18ClFN2O3S. The molecule has 0 spiro atoms. The maximum absolute atomic E-state index is 13.8. The number of amides is 1. The molecule has 1 N–H and O–H groups in total. The molecule has 0 aliphatic carbocycles. The smallest absolute Gasteiger partial charge is 0.239 e. The Labute approximate surface area is 151 Å². The van der Waals surface area contributed by atoms with E-state index in [0.29, 0.717) is 10.7 Å². The van der Waals surface area contributed by atoms with Crippen LogP contribution in [-0.4, -0.2) is 31.4 Å². The predicted octanol–water partition coefficient (Wildman–Crippen LogP) is 3.19. The number of halogens is 2. The van der Waals surface area contributed by atoms with Crippen molar-refractivity contribution in [2.24, 2.45) is 0 Å². The summed E-state index contributed by atoms with van der Waals surface area (Å²) in [4.78, 5) is 12.2. The van der Waals surface area contributed by atoms with Gasteiger partial charge in [-0.15, -0.1) is 0 Å². The Bertz CT molecular complexity index is 887. The summed E-state index contributed by atoms with van der Waals surface area (Å²) >= 11 is 6.00. The summed E-state index contributed by atoms with van der Waals surface area (Å²) in [5.41, 5.74) is 1.51. The Hall–Kier alpha value is -1.96. The Morgan fingerprint density at radius 2 is 1.92 bits per heavy atom. The zero-order valence-corrected chi connectivity index (χ0v) is 15.4. The minimum absolute atomic E-state index is 0.194. The van der Waals surface area contributed by atoms with Crippen LogP contribution in [0.25, 0.3) is 0 Å². The average Bonchev–Trinajstić information content (AvgIpc) is 2.51. The number of carbonyl (C=O) groups is 1. The van der Waals surface area contributed by atoms with Gasteiger partial charge < -0.3 is 5.32 Å². The number of hydrogen-bond donors (Lipinski definition) is 1. The number of carbonyl (C=O) groups excluding carboxylic acids is 1. The molecule has 0 atom stereocenters. The van der Waals surface area contributed by atoms with Crippen molar-refractivity contribution in [3.63, 3.8) is 0 Å². The van der Waals surface area contributed by atoms with Crippen molar-refractivity contribution in [2.75, 3.05) is 18.1 Å². The highest BCUT2D eigenvalue weighted by molar-refractivity contribution is 7.88. The van der Waals surface area contributed by atoms with E-state index in [4.69, 9.17) is 11.6 Å². The highest BCUT2D eigenvalue weighted by atomic mass is 35.5. The van der Waals surface area contributed by atoms with Crippen molar-refractivity contribution >= 4 is 33.2 Å². The lowest BCUT2D eigenvalue weighted by atomic mass is 10.2. The predicted molar refractivity (Wildman–Crippen MR) is 96.5 cm³/mol. The fourth-order valence-electron chi connectivity index (χ4n) is 2.14. The van der Waals surface area contributed by atoms with Crippen LogP contribution < -0.4 is 5.32 Å². The summed E-state index contributed by atoms with van der Waals surface area (Å²) in [7, 11) is -3.70. The number of anilines is 1. The summed E-state index contributed by atoms with van der Waals surface area (Å²) in [6.07, 6.45) is 0.976. The van der Waals surface area contributed by atoms with Crippen molar-refractivity contribution in [1.29, 1.82) is 0 Å². The highest BCUT2D eigenvalue weighted by Crippen LogP contribution is 2.20. The Morgan fingerprint density at radius 3 is 2.52 bits per heavy atom. The van der Waals surface area contributed by atoms with Crippen LogP contribution in [0.2, 0.25) is 5.02 Å². The molecule has 25 heavy (non-hydrogen) atoms. The minimum atomic E-state index is -3.70. The van der Waals surface area contributed by atoms with Crippen molar-refractivity contribution in [2.45, 2.75) is 13.5 Å². The van der Waals surface area contributed by atoms with E-state index in [1.54, 1.807) is 24.3 Å². The zero-order valence-electron chi connectivity index (χ0n) is 13.8. The average molecular weight is 385 g/mol. The molecule has 0 radical (unpaired) electrons. The minimum Gasteiger partial charge on any atom is -0.325 e. The van der Waals surface area contributed by atoms with E-state index < -0.39 is 28.3 Å². The van der Waals surface area contributed by atoms with Crippen LogP contribution in [0.3, 0.4) is 0 Å². The van der Waals surface area contributed by atoms with Crippen molar-refractivity contribution in [3.05, 3.63) is 64.4 Å². The zero-order chi connectivity index (χ0) is 18.6. The van der Waals surface area contributed by atoms with E-state index in [2.05, 4.69) is 5.32 Å². The summed E-state index contributed by atoms with van der Waals surface area (Å²) < 4.78 is 38.6. The molecule has 8 heteroatoms. The van der Waals surface area contributed by atoms with Gasteiger partial charge in [-0.05, 0) is 30.7 Å². The molecule has 134 valence electrons. The first-order valence-electron chi connectivity index (χ1n) is 7.41. The molecule has 1 amide bonds. The number of nitrogens with zero attached hydrogens (tertiary/aromatic N) is 1. The molecule has 0 bridgehead atoms. The molecular weight excluding hydrogens is 367 g/mol. The fourth-order valence-corrected chi connectivity index (χ4v) is 3.04. The third-order valence-corrected chi connectivity index (χ3v) is 5.15. The molecule has 0 aliphatic rings. The third-order valence-electron chi connectivity index (χ3n) is 3.55. The SMILES string of the molecule is Cc1ccc(NC(=O)CN(Cc2ccccc2F)S(C)(=O)=O)cc1Cl. The second kappa shape index (κ2) is 7.95. The van der Waals surface area contributed by atoms with E-state index >= 15 is 0 Å². The molecule has 0 aliphatic heterocycles.